The summed E-state index contributed by atoms with van der Waals surface area (Å²) in [5, 5.41) is 20.8. The summed E-state index contributed by atoms with van der Waals surface area (Å²) >= 11 is 0. The average Bonchev–Trinajstić information content (AvgIpc) is 4.04. The highest BCUT2D eigenvalue weighted by Crippen LogP contribution is 2.36. The van der Waals surface area contributed by atoms with Gasteiger partial charge >= 0.3 is 11.9 Å². The zero-order valence-corrected chi connectivity index (χ0v) is 31.4. The van der Waals surface area contributed by atoms with Gasteiger partial charge < -0.3 is 34.5 Å². The molecule has 2 aliphatic heterocycles. The highest BCUT2D eigenvalue weighted by Gasteiger charge is 2.32. The number of amides is 2. The highest BCUT2D eigenvalue weighted by atomic mass is 16.4. The molecule has 288 valence electrons. The molecule has 0 unspecified atom stereocenters. The number of imidazole rings is 1. The normalized spacial score (nSPS) is 17.1. The number of H-pyrrole nitrogens is 1. The summed E-state index contributed by atoms with van der Waals surface area (Å²) in [6, 6.07) is 16.8. The van der Waals surface area contributed by atoms with Crippen LogP contribution in [0.3, 0.4) is 0 Å². The highest BCUT2D eigenvalue weighted by molar-refractivity contribution is 6.10. The summed E-state index contributed by atoms with van der Waals surface area (Å²) < 4.78 is 4.88. The molecule has 5 heterocycles. The van der Waals surface area contributed by atoms with Crippen molar-refractivity contribution in [3.05, 3.63) is 101 Å². The fourth-order valence-electron chi connectivity index (χ4n) is 8.95. The first-order chi connectivity index (χ1) is 26.7. The van der Waals surface area contributed by atoms with Crippen LogP contribution in [0.1, 0.15) is 94.9 Å². The molecular weight excluding hydrogens is 697 g/mol. The number of carbonyl (C=O) groups is 4. The van der Waals surface area contributed by atoms with E-state index in [4.69, 9.17) is 10.2 Å². The molecular formula is C43H50N6O6. The van der Waals surface area contributed by atoms with E-state index in [0.717, 1.165) is 84.1 Å². The fraction of sp³-hybridized carbons (Fsp3) is 0.419. The maximum atomic E-state index is 13.4. The van der Waals surface area contributed by atoms with Crippen LogP contribution >= 0.6 is 0 Å². The van der Waals surface area contributed by atoms with Crippen molar-refractivity contribution in [3.8, 4) is 0 Å². The van der Waals surface area contributed by atoms with Gasteiger partial charge in [-0.05, 0) is 56.6 Å². The first kappa shape index (κ1) is 37.7. The first-order valence-electron chi connectivity index (χ1n) is 19.6. The van der Waals surface area contributed by atoms with Gasteiger partial charge in [-0.25, -0.2) is 14.6 Å². The van der Waals surface area contributed by atoms with Crippen molar-refractivity contribution in [1.82, 2.24) is 29.3 Å². The predicted molar refractivity (Wildman–Crippen MR) is 210 cm³/mol. The number of hydrogen-bond donors (Lipinski definition) is 4. The Kier molecular flexibility index (Phi) is 11.5. The number of aromatic nitrogens is 4. The van der Waals surface area contributed by atoms with E-state index in [-0.39, 0.29) is 11.8 Å². The lowest BCUT2D eigenvalue weighted by molar-refractivity contribution is -0.134. The molecule has 3 aromatic heterocycles. The number of nitrogens with zero attached hydrogens (tertiary/aromatic N) is 4. The topological polar surface area (TPSA) is 163 Å². The first-order valence-corrected chi connectivity index (χ1v) is 19.6. The van der Waals surface area contributed by atoms with Crippen molar-refractivity contribution in [2.45, 2.75) is 90.8 Å². The Morgan fingerprint density at radius 2 is 1.31 bits per heavy atom. The second kappa shape index (κ2) is 16.8. The van der Waals surface area contributed by atoms with E-state index >= 15 is 0 Å². The maximum Gasteiger partial charge on any atom is 0.328 e. The Hall–Kier alpha value is -5.65. The number of aryl methyl sites for hydroxylation is 1. The van der Waals surface area contributed by atoms with Crippen LogP contribution in [0, 0.1) is 18.8 Å². The van der Waals surface area contributed by atoms with Crippen molar-refractivity contribution >= 4 is 45.6 Å². The molecule has 0 radical (unpaired) electrons. The third kappa shape index (κ3) is 8.23. The van der Waals surface area contributed by atoms with E-state index < -0.39 is 11.9 Å². The molecule has 4 aliphatic rings. The van der Waals surface area contributed by atoms with Crippen molar-refractivity contribution < 1.29 is 29.4 Å². The van der Waals surface area contributed by atoms with Gasteiger partial charge in [0.25, 0.3) is 11.8 Å². The average molecular weight is 747 g/mol. The fourth-order valence-corrected chi connectivity index (χ4v) is 8.95. The smallest absolute Gasteiger partial charge is 0.328 e. The number of nitrogens with one attached hydrogen (secondary N) is 2. The third-order valence-corrected chi connectivity index (χ3v) is 11.6. The lowest BCUT2D eigenvalue weighted by Gasteiger charge is -2.28. The Morgan fingerprint density at radius 1 is 0.782 bits per heavy atom. The van der Waals surface area contributed by atoms with Gasteiger partial charge in [0, 0.05) is 90.1 Å². The number of carboxylic acids is 2. The molecule has 0 spiro atoms. The minimum absolute atomic E-state index is 0.104. The molecule has 9 rings (SSSR count). The Bertz CT molecular complexity index is 2220. The number of aliphatic carboxylic acids is 2. The molecule has 2 aliphatic carbocycles. The summed E-state index contributed by atoms with van der Waals surface area (Å²) in [6.07, 6.45) is 15.5. The molecule has 5 aromatic rings. The zero-order chi connectivity index (χ0) is 38.5. The van der Waals surface area contributed by atoms with Gasteiger partial charge in [0.05, 0.1) is 29.7 Å². The Labute approximate surface area is 320 Å². The van der Waals surface area contributed by atoms with Crippen molar-refractivity contribution in [1.29, 1.82) is 0 Å². The molecule has 12 heteroatoms. The van der Waals surface area contributed by atoms with Gasteiger partial charge in [-0.3, -0.25) is 9.59 Å². The minimum atomic E-state index is -1.26. The number of fused-ring (bicyclic) bond motifs is 6. The van der Waals surface area contributed by atoms with Gasteiger partial charge in [0.2, 0.25) is 0 Å². The number of rotatable bonds is 8. The van der Waals surface area contributed by atoms with E-state index in [0.29, 0.717) is 18.7 Å². The van der Waals surface area contributed by atoms with Crippen molar-refractivity contribution in [2.24, 2.45) is 11.8 Å². The van der Waals surface area contributed by atoms with Crippen LogP contribution in [0.15, 0.2) is 67.0 Å². The molecule has 55 heavy (non-hydrogen) atoms. The summed E-state index contributed by atoms with van der Waals surface area (Å²) in [5.74, 6) is -0.711. The molecule has 0 atom stereocenters. The summed E-state index contributed by atoms with van der Waals surface area (Å²) in [5.41, 5.74) is 8.79. The van der Waals surface area contributed by atoms with E-state index in [1.807, 2.05) is 24.0 Å². The number of aromatic amines is 1. The predicted octanol–water partition coefficient (Wildman–Crippen LogP) is 6.89. The Balaban J connectivity index is 0.000000146. The summed E-state index contributed by atoms with van der Waals surface area (Å²) in [4.78, 5) is 54.2. The molecule has 2 saturated carbocycles. The summed E-state index contributed by atoms with van der Waals surface area (Å²) in [6.45, 7) is 6.27. The van der Waals surface area contributed by atoms with E-state index in [9.17, 15) is 19.2 Å². The number of carboxylic acid groups (broad SMARTS) is 2. The van der Waals surface area contributed by atoms with Gasteiger partial charge in [-0.2, -0.15) is 0 Å². The van der Waals surface area contributed by atoms with Crippen molar-refractivity contribution in [3.63, 3.8) is 0 Å². The second-order valence-electron chi connectivity index (χ2n) is 15.2. The quantitative estimate of drug-likeness (QED) is 0.126. The lowest BCUT2D eigenvalue weighted by Crippen LogP contribution is -2.37. The van der Waals surface area contributed by atoms with Crippen LogP contribution in [-0.2, 0) is 42.1 Å². The van der Waals surface area contributed by atoms with Gasteiger partial charge in [-0.15, -0.1) is 0 Å². The number of benzene rings is 2. The standard InChI is InChI=1S/C22H26N4O.C17H20N2O.C4H4O4/c1-15-18(24-14-23-15)13-25-11-10-20-21(22(25)27)17-8-4-5-9-19(17)26(20)12-16-6-2-3-7-16;20-17-16-13-7-3-4-8-14(13)19(15(16)9-10-18-17)11-12-5-1-2-6-12;5-3(6)1-2-4(7)8/h4-5,8-9,14,16H,2-3,6-7,10-13H2,1H3,(H,23,24);3-4,7-8,12H,1-2,5-6,9-11H2,(H,18,20);1-2H,(H,5,6)(H,7,8). The minimum Gasteiger partial charge on any atom is -0.478 e. The molecule has 4 N–H and O–H groups in total. The molecule has 0 bridgehead atoms. The lowest BCUT2D eigenvalue weighted by atomic mass is 10.0. The molecule has 0 saturated heterocycles. The molecule has 2 aromatic carbocycles. The van der Waals surface area contributed by atoms with Gasteiger partial charge in [-0.1, -0.05) is 62.1 Å². The Morgan fingerprint density at radius 3 is 1.84 bits per heavy atom. The molecule has 2 fully saturated rings. The van der Waals surface area contributed by atoms with Crippen LogP contribution in [0.5, 0.6) is 0 Å². The largest absolute Gasteiger partial charge is 0.478 e. The van der Waals surface area contributed by atoms with Gasteiger partial charge in [0.1, 0.15) is 0 Å². The molecule has 2 amide bonds. The SMILES string of the molecule is Cc1[nH]cnc1CN1CCc2c(c3ccccc3n2CC2CCCC2)C1=O.O=C(O)C=CC(=O)O.O=C1NCCc2c1c1ccccc1n2CC1CCCC1. The van der Waals surface area contributed by atoms with E-state index in [1.54, 1.807) is 6.33 Å². The van der Waals surface area contributed by atoms with Crippen LogP contribution < -0.4 is 5.32 Å². The zero-order valence-electron chi connectivity index (χ0n) is 31.4. The van der Waals surface area contributed by atoms with Crippen LogP contribution in [0.25, 0.3) is 21.8 Å². The number of hydrogen-bond acceptors (Lipinski definition) is 5. The van der Waals surface area contributed by atoms with E-state index in [2.05, 4.69) is 60.8 Å². The monoisotopic (exact) mass is 746 g/mol. The van der Waals surface area contributed by atoms with Crippen LogP contribution in [0.4, 0.5) is 0 Å². The van der Waals surface area contributed by atoms with Crippen molar-refractivity contribution in [2.75, 3.05) is 13.1 Å². The van der Waals surface area contributed by atoms with Crippen LogP contribution in [-0.4, -0.2) is 71.1 Å². The van der Waals surface area contributed by atoms with Crippen LogP contribution in [0.2, 0.25) is 0 Å². The third-order valence-electron chi connectivity index (χ3n) is 11.6. The molecule has 12 nitrogen and oxygen atoms in total. The second-order valence-corrected chi connectivity index (χ2v) is 15.2. The van der Waals surface area contributed by atoms with E-state index in [1.165, 1.54) is 73.8 Å². The number of carbonyl (C=O) groups excluding carboxylic acids is 2. The maximum absolute atomic E-state index is 13.4. The van der Waals surface area contributed by atoms with Gasteiger partial charge in [0.15, 0.2) is 0 Å². The number of para-hydroxylation sites is 2. The summed E-state index contributed by atoms with van der Waals surface area (Å²) in [7, 11) is 0.